The quantitative estimate of drug-likeness (QED) is 0.465. The molecule has 158 valence electrons. The lowest BCUT2D eigenvalue weighted by Crippen LogP contribution is -2.40. The van der Waals surface area contributed by atoms with Gasteiger partial charge in [0, 0.05) is 17.6 Å². The second kappa shape index (κ2) is 7.34. The van der Waals surface area contributed by atoms with Gasteiger partial charge >= 0.3 is 5.69 Å². The topological polar surface area (TPSA) is 66.1 Å². The third-order valence-electron chi connectivity index (χ3n) is 6.21. The number of aromatic nitrogens is 3. The Hall–Kier alpha value is -3.48. The number of hydrogen-bond donors (Lipinski definition) is 0. The molecule has 0 amide bonds. The van der Waals surface area contributed by atoms with Crippen LogP contribution in [-0.2, 0) is 0 Å². The van der Waals surface area contributed by atoms with Crippen LogP contribution in [-0.4, -0.2) is 21.2 Å². The van der Waals surface area contributed by atoms with E-state index < -0.39 is 11.2 Å². The molecule has 0 atom stereocenters. The van der Waals surface area contributed by atoms with Crippen molar-refractivity contribution in [3.8, 4) is 11.4 Å². The summed E-state index contributed by atoms with van der Waals surface area (Å²) < 4.78 is 22.2. The zero-order chi connectivity index (χ0) is 21.7. The van der Waals surface area contributed by atoms with Crippen molar-refractivity contribution in [1.82, 2.24) is 14.1 Å². The Kier molecular flexibility index (Phi) is 4.61. The van der Waals surface area contributed by atoms with Crippen molar-refractivity contribution in [3.63, 3.8) is 0 Å². The van der Waals surface area contributed by atoms with Gasteiger partial charge in [-0.3, -0.25) is 14.3 Å². The van der Waals surface area contributed by atoms with Gasteiger partial charge in [0.15, 0.2) is 0 Å². The van der Waals surface area contributed by atoms with Crippen molar-refractivity contribution in [2.24, 2.45) is 0 Å². The summed E-state index contributed by atoms with van der Waals surface area (Å²) in [5, 5.41) is 1.06. The fourth-order valence-corrected chi connectivity index (χ4v) is 4.67. The number of aryl methyl sites for hydroxylation is 1. The summed E-state index contributed by atoms with van der Waals surface area (Å²) in [6, 6.07) is 9.77. The van der Waals surface area contributed by atoms with E-state index in [1.807, 2.05) is 18.2 Å². The van der Waals surface area contributed by atoms with E-state index in [9.17, 15) is 14.0 Å². The number of para-hydroxylation sites is 1. The first-order chi connectivity index (χ1) is 15.0. The molecule has 1 aliphatic carbocycles. The smallest absolute Gasteiger partial charge is 0.336 e. The fourth-order valence-electron chi connectivity index (χ4n) is 4.67. The molecule has 7 heteroatoms. The minimum Gasteiger partial charge on any atom is -0.494 e. The minimum absolute atomic E-state index is 0.0137. The van der Waals surface area contributed by atoms with E-state index in [1.54, 1.807) is 18.6 Å². The zero-order valence-electron chi connectivity index (χ0n) is 17.4. The minimum atomic E-state index is -0.461. The molecular weight excluding hydrogens is 397 g/mol. The van der Waals surface area contributed by atoms with Crippen LogP contribution in [0.3, 0.4) is 0 Å². The van der Waals surface area contributed by atoms with Gasteiger partial charge in [-0.1, -0.05) is 25.0 Å². The molecule has 0 unspecified atom stereocenters. The molecule has 1 fully saturated rings. The molecule has 0 spiro atoms. The summed E-state index contributed by atoms with van der Waals surface area (Å²) in [5.74, 6) is 0.205. The second-order valence-electron chi connectivity index (χ2n) is 8.04. The molecule has 0 saturated heterocycles. The van der Waals surface area contributed by atoms with E-state index in [4.69, 9.17) is 4.74 Å². The van der Waals surface area contributed by atoms with E-state index in [2.05, 4.69) is 4.98 Å². The lowest BCUT2D eigenvalue weighted by molar-refractivity contribution is 0.419. The van der Waals surface area contributed by atoms with Gasteiger partial charge in [-0.2, -0.15) is 0 Å². The van der Waals surface area contributed by atoms with Crippen LogP contribution in [0.2, 0.25) is 0 Å². The maximum absolute atomic E-state index is 13.8. The van der Waals surface area contributed by atoms with Crippen LogP contribution in [0.15, 0.2) is 52.2 Å². The first kappa shape index (κ1) is 19.5. The normalized spacial score (nSPS) is 14.5. The SMILES string of the molecule is COc1cccc2c1ncc1c(=O)n(-c3ccc(F)c(C)c3)c(=O)n(C3CCCC3)c12. The third kappa shape index (κ3) is 2.95. The third-order valence-corrected chi connectivity index (χ3v) is 6.21. The molecule has 1 saturated carbocycles. The summed E-state index contributed by atoms with van der Waals surface area (Å²) in [5.41, 5.74) is 1.05. The van der Waals surface area contributed by atoms with E-state index in [0.29, 0.717) is 38.8 Å². The largest absolute Gasteiger partial charge is 0.494 e. The lowest BCUT2D eigenvalue weighted by atomic mass is 10.1. The Balaban J connectivity index is 1.96. The number of ether oxygens (including phenoxy) is 1. The van der Waals surface area contributed by atoms with E-state index in [-0.39, 0.29) is 11.9 Å². The molecule has 5 rings (SSSR count). The van der Waals surface area contributed by atoms with Gasteiger partial charge in [0.25, 0.3) is 5.56 Å². The standard InChI is InChI=1S/C24H22FN3O3/c1-14-12-16(10-11-19(14)25)28-23(29)18-13-26-21-17(8-5-9-20(21)31-2)22(18)27(24(28)30)15-6-3-4-7-15/h5,8-13,15H,3-4,6-7H2,1-2H3. The number of methoxy groups -OCH3 is 1. The van der Waals surface area contributed by atoms with Crippen LogP contribution >= 0.6 is 0 Å². The Morgan fingerprint density at radius 3 is 2.58 bits per heavy atom. The van der Waals surface area contributed by atoms with Crippen molar-refractivity contribution >= 4 is 21.8 Å². The second-order valence-corrected chi connectivity index (χ2v) is 8.04. The number of pyridine rings is 1. The molecular formula is C24H22FN3O3. The highest BCUT2D eigenvalue weighted by molar-refractivity contribution is 6.05. The van der Waals surface area contributed by atoms with Crippen molar-refractivity contribution in [2.45, 2.75) is 38.6 Å². The zero-order valence-corrected chi connectivity index (χ0v) is 17.4. The molecule has 0 radical (unpaired) electrons. The van der Waals surface area contributed by atoms with Crippen LogP contribution in [0, 0.1) is 12.7 Å². The highest BCUT2D eigenvalue weighted by Crippen LogP contribution is 2.34. The average molecular weight is 419 g/mol. The highest BCUT2D eigenvalue weighted by atomic mass is 19.1. The number of hydrogen-bond acceptors (Lipinski definition) is 4. The maximum Gasteiger partial charge on any atom is 0.336 e. The fraction of sp³-hybridized carbons (Fsp3) is 0.292. The van der Waals surface area contributed by atoms with E-state index in [0.717, 1.165) is 30.3 Å². The number of halogens is 1. The van der Waals surface area contributed by atoms with Gasteiger partial charge in [-0.05, 0) is 49.6 Å². The van der Waals surface area contributed by atoms with Crippen LogP contribution in [0.5, 0.6) is 5.75 Å². The summed E-state index contributed by atoms with van der Waals surface area (Å²) in [6.07, 6.45) is 5.30. The molecule has 2 aromatic heterocycles. The molecule has 4 aromatic rings. The maximum atomic E-state index is 13.8. The molecule has 1 aliphatic rings. The Bertz CT molecular complexity index is 1450. The van der Waals surface area contributed by atoms with Crippen molar-refractivity contribution in [2.75, 3.05) is 7.11 Å². The Morgan fingerprint density at radius 2 is 1.87 bits per heavy atom. The van der Waals surface area contributed by atoms with Crippen LogP contribution in [0.25, 0.3) is 27.5 Å². The molecule has 0 N–H and O–H groups in total. The van der Waals surface area contributed by atoms with Crippen molar-refractivity contribution in [1.29, 1.82) is 0 Å². The van der Waals surface area contributed by atoms with Crippen LogP contribution in [0.4, 0.5) is 4.39 Å². The summed E-state index contributed by atoms with van der Waals surface area (Å²) in [4.78, 5) is 31.8. The van der Waals surface area contributed by atoms with Gasteiger partial charge in [0.2, 0.25) is 0 Å². The molecule has 2 aromatic carbocycles. The first-order valence-electron chi connectivity index (χ1n) is 10.4. The average Bonchev–Trinajstić information content (AvgIpc) is 3.30. The Labute approximate surface area is 177 Å². The number of rotatable bonds is 3. The van der Waals surface area contributed by atoms with E-state index >= 15 is 0 Å². The summed E-state index contributed by atoms with van der Waals surface area (Å²) in [6.45, 7) is 1.61. The molecule has 31 heavy (non-hydrogen) atoms. The van der Waals surface area contributed by atoms with Gasteiger partial charge in [0.05, 0.1) is 23.7 Å². The summed E-state index contributed by atoms with van der Waals surface area (Å²) in [7, 11) is 1.57. The predicted octanol–water partition coefficient (Wildman–Crippen LogP) is 4.27. The Morgan fingerprint density at radius 1 is 1.10 bits per heavy atom. The number of benzene rings is 2. The monoisotopic (exact) mass is 419 g/mol. The molecule has 0 aliphatic heterocycles. The van der Waals surface area contributed by atoms with Gasteiger partial charge < -0.3 is 4.74 Å². The van der Waals surface area contributed by atoms with Gasteiger partial charge in [0.1, 0.15) is 17.1 Å². The van der Waals surface area contributed by atoms with Crippen LogP contribution in [0.1, 0.15) is 37.3 Å². The van der Waals surface area contributed by atoms with Gasteiger partial charge in [-0.15, -0.1) is 0 Å². The van der Waals surface area contributed by atoms with Crippen molar-refractivity contribution in [3.05, 3.63) is 74.8 Å². The van der Waals surface area contributed by atoms with Gasteiger partial charge in [-0.25, -0.2) is 13.8 Å². The molecule has 2 heterocycles. The van der Waals surface area contributed by atoms with E-state index in [1.165, 1.54) is 24.4 Å². The van der Waals surface area contributed by atoms with Crippen LogP contribution < -0.4 is 16.0 Å². The molecule has 6 nitrogen and oxygen atoms in total. The first-order valence-corrected chi connectivity index (χ1v) is 10.4. The summed E-state index contributed by atoms with van der Waals surface area (Å²) >= 11 is 0. The highest BCUT2D eigenvalue weighted by Gasteiger charge is 2.25. The number of nitrogens with zero attached hydrogens (tertiary/aromatic N) is 3. The predicted molar refractivity (Wildman–Crippen MR) is 118 cm³/mol. The molecule has 0 bridgehead atoms. The van der Waals surface area contributed by atoms with Crippen molar-refractivity contribution < 1.29 is 9.13 Å². The number of fused-ring (bicyclic) bond motifs is 3. The lowest BCUT2D eigenvalue weighted by Gasteiger charge is -2.20.